The summed E-state index contributed by atoms with van der Waals surface area (Å²) in [6.07, 6.45) is -4.28. The van der Waals surface area contributed by atoms with Crippen molar-refractivity contribution in [1.82, 2.24) is 10.2 Å². The van der Waals surface area contributed by atoms with E-state index >= 15 is 0 Å². The van der Waals surface area contributed by atoms with Crippen LogP contribution in [0, 0.1) is 6.92 Å². The number of alkyl halides is 3. The third-order valence-corrected chi connectivity index (χ3v) is 5.25. The molecule has 0 spiro atoms. The third kappa shape index (κ3) is 4.77. The quantitative estimate of drug-likeness (QED) is 0.848. The lowest BCUT2D eigenvalue weighted by molar-refractivity contribution is -0.187. The van der Waals surface area contributed by atoms with Crippen LogP contribution in [-0.4, -0.2) is 37.3 Å². The maximum absolute atomic E-state index is 13.6. The monoisotopic (exact) mass is 366 g/mol. The van der Waals surface area contributed by atoms with Crippen LogP contribution in [-0.2, 0) is 0 Å². The van der Waals surface area contributed by atoms with Crippen LogP contribution in [0.25, 0.3) is 0 Å². The Bertz CT molecular complexity index is 695. The van der Waals surface area contributed by atoms with Crippen molar-refractivity contribution in [2.24, 2.45) is 0 Å². The van der Waals surface area contributed by atoms with Crippen LogP contribution in [0.2, 0.25) is 0 Å². The number of hydrogen-bond acceptors (Lipinski definition) is 3. The van der Waals surface area contributed by atoms with Gasteiger partial charge in [0.15, 0.2) is 0 Å². The van der Waals surface area contributed by atoms with Crippen LogP contribution < -0.4 is 5.32 Å². The Kier molecular flexibility index (Phi) is 5.71. The molecule has 1 aliphatic heterocycles. The number of rotatable bonds is 4. The van der Waals surface area contributed by atoms with E-state index in [4.69, 9.17) is 0 Å². The number of benzene rings is 2. The molecule has 1 aliphatic rings. The van der Waals surface area contributed by atoms with Crippen LogP contribution in [0.15, 0.2) is 58.3 Å². The maximum atomic E-state index is 13.6. The van der Waals surface area contributed by atoms with Crippen molar-refractivity contribution in [3.05, 3.63) is 59.7 Å². The van der Waals surface area contributed by atoms with Gasteiger partial charge in [0.1, 0.15) is 6.04 Å². The average Bonchev–Trinajstić information content (AvgIpc) is 2.56. The largest absolute Gasteiger partial charge is 0.408 e. The summed E-state index contributed by atoms with van der Waals surface area (Å²) in [6, 6.07) is 13.3. The standard InChI is InChI=1S/C19H21F3N2S/c1-14-3-2-4-17(13-14)25-16-7-5-15(6-8-16)18(19(20,21)22)24-11-9-23-10-12-24/h2-8,13,18,23H,9-12H2,1H3. The maximum Gasteiger partial charge on any atom is 0.408 e. The van der Waals surface area contributed by atoms with E-state index in [0.717, 1.165) is 15.4 Å². The van der Waals surface area contributed by atoms with Crippen molar-refractivity contribution in [3.8, 4) is 0 Å². The summed E-state index contributed by atoms with van der Waals surface area (Å²) in [5, 5.41) is 3.10. The molecule has 2 aromatic rings. The van der Waals surface area contributed by atoms with Gasteiger partial charge in [0.05, 0.1) is 0 Å². The number of aryl methyl sites for hydroxylation is 1. The lowest BCUT2D eigenvalue weighted by atomic mass is 10.0. The molecular formula is C19H21F3N2S. The van der Waals surface area contributed by atoms with Gasteiger partial charge in [-0.25, -0.2) is 0 Å². The molecule has 2 nitrogen and oxygen atoms in total. The first-order chi connectivity index (χ1) is 11.9. The normalized spacial score (nSPS) is 17.4. The topological polar surface area (TPSA) is 15.3 Å². The molecule has 0 amide bonds. The molecular weight excluding hydrogens is 345 g/mol. The van der Waals surface area contributed by atoms with Gasteiger partial charge in [-0.05, 0) is 36.8 Å². The van der Waals surface area contributed by atoms with Crippen molar-refractivity contribution in [1.29, 1.82) is 0 Å². The van der Waals surface area contributed by atoms with E-state index in [1.807, 2.05) is 25.1 Å². The van der Waals surface area contributed by atoms with Gasteiger partial charge in [0.2, 0.25) is 0 Å². The minimum Gasteiger partial charge on any atom is -0.314 e. The van der Waals surface area contributed by atoms with Crippen molar-refractivity contribution < 1.29 is 13.2 Å². The van der Waals surface area contributed by atoms with E-state index < -0.39 is 12.2 Å². The number of halogens is 3. The Morgan fingerprint density at radius 1 is 1.00 bits per heavy atom. The molecule has 25 heavy (non-hydrogen) atoms. The van der Waals surface area contributed by atoms with Gasteiger partial charge in [-0.15, -0.1) is 0 Å². The Hall–Kier alpha value is -1.50. The molecule has 0 aliphatic carbocycles. The van der Waals surface area contributed by atoms with Crippen LogP contribution in [0.4, 0.5) is 13.2 Å². The summed E-state index contributed by atoms with van der Waals surface area (Å²) in [4.78, 5) is 3.54. The van der Waals surface area contributed by atoms with Crippen molar-refractivity contribution >= 4 is 11.8 Å². The molecule has 0 aromatic heterocycles. The number of piperazine rings is 1. The van der Waals surface area contributed by atoms with E-state index in [2.05, 4.69) is 11.4 Å². The molecule has 6 heteroatoms. The minimum absolute atomic E-state index is 0.308. The lowest BCUT2D eigenvalue weighted by Gasteiger charge is -2.36. The van der Waals surface area contributed by atoms with Crippen LogP contribution in [0.1, 0.15) is 17.2 Å². The number of nitrogens with zero attached hydrogens (tertiary/aromatic N) is 1. The SMILES string of the molecule is Cc1cccc(Sc2ccc(C(N3CCNCC3)C(F)(F)F)cc2)c1. The average molecular weight is 366 g/mol. The summed E-state index contributed by atoms with van der Waals surface area (Å²) in [5.74, 6) is 0. The van der Waals surface area contributed by atoms with Gasteiger partial charge in [0, 0.05) is 36.0 Å². The zero-order chi connectivity index (χ0) is 17.9. The van der Waals surface area contributed by atoms with E-state index in [-0.39, 0.29) is 0 Å². The summed E-state index contributed by atoms with van der Waals surface area (Å²) in [6.45, 7) is 4.02. The molecule has 0 bridgehead atoms. The summed E-state index contributed by atoms with van der Waals surface area (Å²) in [5.41, 5.74) is 1.47. The van der Waals surface area contributed by atoms with Crippen LogP contribution in [0.5, 0.6) is 0 Å². The first kappa shape index (κ1) is 18.3. The highest BCUT2D eigenvalue weighted by molar-refractivity contribution is 7.99. The Balaban J connectivity index is 1.78. The van der Waals surface area contributed by atoms with E-state index in [9.17, 15) is 13.2 Å². The summed E-state index contributed by atoms with van der Waals surface area (Å²) in [7, 11) is 0. The fourth-order valence-corrected chi connectivity index (χ4v) is 4.02. The second kappa shape index (κ2) is 7.81. The highest BCUT2D eigenvalue weighted by Gasteiger charge is 2.44. The first-order valence-electron chi connectivity index (χ1n) is 8.29. The van der Waals surface area contributed by atoms with E-state index in [1.165, 1.54) is 4.90 Å². The Morgan fingerprint density at radius 3 is 2.28 bits per heavy atom. The first-order valence-corrected chi connectivity index (χ1v) is 9.11. The van der Waals surface area contributed by atoms with E-state index in [0.29, 0.717) is 31.7 Å². The molecule has 1 heterocycles. The zero-order valence-corrected chi connectivity index (χ0v) is 14.8. The second-order valence-electron chi connectivity index (χ2n) is 6.22. The van der Waals surface area contributed by atoms with Gasteiger partial charge in [-0.1, -0.05) is 41.6 Å². The Labute approximate surface area is 150 Å². The van der Waals surface area contributed by atoms with Crippen LogP contribution >= 0.6 is 11.8 Å². The molecule has 1 unspecified atom stereocenters. The molecule has 3 rings (SSSR count). The molecule has 1 saturated heterocycles. The lowest BCUT2D eigenvalue weighted by Crippen LogP contribution is -2.49. The number of nitrogens with one attached hydrogen (secondary N) is 1. The second-order valence-corrected chi connectivity index (χ2v) is 7.36. The van der Waals surface area contributed by atoms with Crippen molar-refractivity contribution in [2.45, 2.75) is 28.9 Å². The predicted octanol–water partition coefficient (Wildman–Crippen LogP) is 4.65. The molecule has 134 valence electrons. The highest BCUT2D eigenvalue weighted by Crippen LogP contribution is 2.39. The highest BCUT2D eigenvalue weighted by atomic mass is 32.2. The smallest absolute Gasteiger partial charge is 0.314 e. The molecule has 1 fully saturated rings. The van der Waals surface area contributed by atoms with Gasteiger partial charge >= 0.3 is 6.18 Å². The summed E-state index contributed by atoms with van der Waals surface area (Å²) < 4.78 is 40.8. The minimum atomic E-state index is -4.28. The summed E-state index contributed by atoms with van der Waals surface area (Å²) >= 11 is 1.56. The zero-order valence-electron chi connectivity index (χ0n) is 14.0. The van der Waals surface area contributed by atoms with Gasteiger partial charge in [0.25, 0.3) is 0 Å². The fraction of sp³-hybridized carbons (Fsp3) is 0.368. The van der Waals surface area contributed by atoms with Crippen molar-refractivity contribution in [2.75, 3.05) is 26.2 Å². The molecule has 1 N–H and O–H groups in total. The molecule has 2 aromatic carbocycles. The number of hydrogen-bond donors (Lipinski definition) is 1. The Morgan fingerprint density at radius 2 is 1.68 bits per heavy atom. The van der Waals surface area contributed by atoms with Gasteiger partial charge in [-0.2, -0.15) is 13.2 Å². The van der Waals surface area contributed by atoms with Gasteiger partial charge in [-0.3, -0.25) is 4.90 Å². The molecule has 0 radical (unpaired) electrons. The van der Waals surface area contributed by atoms with E-state index in [1.54, 1.807) is 36.0 Å². The predicted molar refractivity (Wildman–Crippen MR) is 95.0 cm³/mol. The molecule has 1 atom stereocenters. The molecule has 0 saturated carbocycles. The van der Waals surface area contributed by atoms with Gasteiger partial charge < -0.3 is 5.32 Å². The van der Waals surface area contributed by atoms with Crippen LogP contribution in [0.3, 0.4) is 0 Å². The fourth-order valence-electron chi connectivity index (χ4n) is 3.08. The third-order valence-electron chi connectivity index (χ3n) is 4.25. The van der Waals surface area contributed by atoms with Crippen molar-refractivity contribution in [3.63, 3.8) is 0 Å².